The van der Waals surface area contributed by atoms with Crippen LogP contribution in [-0.2, 0) is 19.4 Å². The molecule has 0 bridgehead atoms. The minimum absolute atomic E-state index is 0.186. The SMILES string of the molecule is FC(F)(F)CNCc1n[nH]c2c1CCC2. The summed E-state index contributed by atoms with van der Waals surface area (Å²) in [4.78, 5) is 0. The van der Waals surface area contributed by atoms with Gasteiger partial charge in [0.2, 0.25) is 0 Å². The van der Waals surface area contributed by atoms with Crippen molar-refractivity contribution >= 4 is 0 Å². The fourth-order valence-electron chi connectivity index (χ4n) is 1.86. The topological polar surface area (TPSA) is 40.7 Å². The van der Waals surface area contributed by atoms with Crippen LogP contribution in [0.25, 0.3) is 0 Å². The van der Waals surface area contributed by atoms with Crippen molar-refractivity contribution in [3.8, 4) is 0 Å². The van der Waals surface area contributed by atoms with E-state index in [9.17, 15) is 13.2 Å². The lowest BCUT2D eigenvalue weighted by Crippen LogP contribution is -2.28. The molecular formula is C9H12F3N3. The molecule has 3 nitrogen and oxygen atoms in total. The highest BCUT2D eigenvalue weighted by atomic mass is 19.4. The van der Waals surface area contributed by atoms with Gasteiger partial charge in [0.1, 0.15) is 0 Å². The molecule has 0 radical (unpaired) electrons. The molecule has 1 aromatic heterocycles. The molecule has 1 aliphatic rings. The summed E-state index contributed by atoms with van der Waals surface area (Å²) in [5.41, 5.74) is 2.91. The van der Waals surface area contributed by atoms with Crippen LogP contribution in [-0.4, -0.2) is 22.9 Å². The van der Waals surface area contributed by atoms with Crippen LogP contribution in [0, 0.1) is 0 Å². The van der Waals surface area contributed by atoms with Crippen LogP contribution in [0.4, 0.5) is 13.2 Å². The van der Waals surface area contributed by atoms with E-state index in [1.54, 1.807) is 0 Å². The van der Waals surface area contributed by atoms with E-state index in [0.29, 0.717) is 0 Å². The Balaban J connectivity index is 1.89. The van der Waals surface area contributed by atoms with Crippen LogP contribution in [0.5, 0.6) is 0 Å². The maximum Gasteiger partial charge on any atom is 0.401 e. The van der Waals surface area contributed by atoms with E-state index in [0.717, 1.165) is 36.2 Å². The Morgan fingerprint density at radius 1 is 1.33 bits per heavy atom. The highest BCUT2D eigenvalue weighted by Gasteiger charge is 2.26. The van der Waals surface area contributed by atoms with Gasteiger partial charge in [-0.25, -0.2) is 0 Å². The lowest BCUT2D eigenvalue weighted by molar-refractivity contribution is -0.125. The van der Waals surface area contributed by atoms with Crippen LogP contribution in [0.1, 0.15) is 23.4 Å². The van der Waals surface area contributed by atoms with Crippen LogP contribution in [0.15, 0.2) is 0 Å². The van der Waals surface area contributed by atoms with Crippen molar-refractivity contribution in [2.24, 2.45) is 0 Å². The van der Waals surface area contributed by atoms with E-state index >= 15 is 0 Å². The summed E-state index contributed by atoms with van der Waals surface area (Å²) >= 11 is 0. The van der Waals surface area contributed by atoms with Gasteiger partial charge in [-0.1, -0.05) is 0 Å². The molecule has 1 heterocycles. The fourth-order valence-corrected chi connectivity index (χ4v) is 1.86. The molecule has 0 spiro atoms. The molecule has 2 N–H and O–H groups in total. The molecular weight excluding hydrogens is 207 g/mol. The first-order chi connectivity index (χ1) is 7.06. The molecule has 1 aliphatic carbocycles. The first-order valence-corrected chi connectivity index (χ1v) is 4.89. The summed E-state index contributed by atoms with van der Waals surface area (Å²) in [5, 5.41) is 9.22. The second kappa shape index (κ2) is 3.84. The second-order valence-electron chi connectivity index (χ2n) is 3.70. The highest BCUT2D eigenvalue weighted by Crippen LogP contribution is 2.22. The third kappa shape index (κ3) is 2.50. The zero-order valence-corrected chi connectivity index (χ0v) is 8.12. The smallest absolute Gasteiger partial charge is 0.303 e. The molecule has 1 aromatic rings. The Bertz CT molecular complexity index is 343. The molecule has 0 aliphatic heterocycles. The summed E-state index contributed by atoms with van der Waals surface area (Å²) in [6, 6.07) is 0. The highest BCUT2D eigenvalue weighted by molar-refractivity contribution is 5.29. The summed E-state index contributed by atoms with van der Waals surface area (Å²) in [5.74, 6) is 0. The first kappa shape index (κ1) is 10.5. The van der Waals surface area contributed by atoms with Crippen molar-refractivity contribution in [3.05, 3.63) is 17.0 Å². The normalized spacial score (nSPS) is 15.7. The van der Waals surface area contributed by atoms with Gasteiger partial charge in [-0.2, -0.15) is 18.3 Å². The largest absolute Gasteiger partial charge is 0.401 e. The zero-order chi connectivity index (χ0) is 10.9. The van der Waals surface area contributed by atoms with E-state index in [1.165, 1.54) is 0 Å². The van der Waals surface area contributed by atoms with Gasteiger partial charge in [0, 0.05) is 12.2 Å². The fraction of sp³-hybridized carbons (Fsp3) is 0.667. The molecule has 0 saturated heterocycles. The molecule has 15 heavy (non-hydrogen) atoms. The Morgan fingerprint density at radius 2 is 2.13 bits per heavy atom. The minimum Gasteiger partial charge on any atom is -0.303 e. The molecule has 6 heteroatoms. The van der Waals surface area contributed by atoms with E-state index in [2.05, 4.69) is 15.5 Å². The maximum atomic E-state index is 11.9. The number of alkyl halides is 3. The number of H-pyrrole nitrogens is 1. The van der Waals surface area contributed by atoms with Crippen molar-refractivity contribution in [2.75, 3.05) is 6.54 Å². The van der Waals surface area contributed by atoms with Gasteiger partial charge < -0.3 is 5.32 Å². The Morgan fingerprint density at radius 3 is 2.87 bits per heavy atom. The average Bonchev–Trinajstić information content (AvgIpc) is 2.66. The predicted molar refractivity (Wildman–Crippen MR) is 48.4 cm³/mol. The summed E-state index contributed by atoms with van der Waals surface area (Å²) in [7, 11) is 0. The molecule has 0 unspecified atom stereocenters. The molecule has 0 fully saturated rings. The van der Waals surface area contributed by atoms with E-state index in [1.807, 2.05) is 0 Å². The number of hydrogen-bond acceptors (Lipinski definition) is 2. The summed E-state index contributed by atoms with van der Waals surface area (Å²) in [6.07, 6.45) is -1.20. The van der Waals surface area contributed by atoms with Gasteiger partial charge in [0.05, 0.1) is 12.2 Å². The van der Waals surface area contributed by atoms with Crippen molar-refractivity contribution in [1.82, 2.24) is 15.5 Å². The number of aromatic amines is 1. The Labute approximate surface area is 85.1 Å². The third-order valence-corrected chi connectivity index (χ3v) is 2.51. The van der Waals surface area contributed by atoms with Gasteiger partial charge in [0.25, 0.3) is 0 Å². The number of nitrogens with zero attached hydrogens (tertiary/aromatic N) is 1. The van der Waals surface area contributed by atoms with Gasteiger partial charge >= 0.3 is 6.18 Å². The van der Waals surface area contributed by atoms with E-state index < -0.39 is 12.7 Å². The summed E-state index contributed by atoms with van der Waals surface area (Å²) in [6.45, 7) is -0.778. The molecule has 0 saturated carbocycles. The quantitative estimate of drug-likeness (QED) is 0.809. The van der Waals surface area contributed by atoms with E-state index in [-0.39, 0.29) is 6.54 Å². The van der Waals surface area contributed by atoms with E-state index in [4.69, 9.17) is 0 Å². The number of fused-ring (bicyclic) bond motifs is 1. The van der Waals surface area contributed by atoms with Crippen molar-refractivity contribution < 1.29 is 13.2 Å². The number of aryl methyl sites for hydroxylation is 1. The van der Waals surface area contributed by atoms with Gasteiger partial charge in [0.15, 0.2) is 0 Å². The lowest BCUT2D eigenvalue weighted by atomic mass is 10.2. The van der Waals surface area contributed by atoms with Crippen molar-refractivity contribution in [2.45, 2.75) is 32.0 Å². The standard InChI is InChI=1S/C9H12F3N3/c10-9(11,12)5-13-4-8-6-2-1-3-7(6)14-15-8/h13H,1-5H2,(H,14,15). The molecule has 2 rings (SSSR count). The van der Waals surface area contributed by atoms with Crippen molar-refractivity contribution in [1.29, 1.82) is 0 Å². The second-order valence-corrected chi connectivity index (χ2v) is 3.70. The van der Waals surface area contributed by atoms with Crippen LogP contribution < -0.4 is 5.32 Å². The predicted octanol–water partition coefficient (Wildman–Crippen LogP) is 1.55. The maximum absolute atomic E-state index is 11.9. The molecule has 84 valence electrons. The van der Waals surface area contributed by atoms with Gasteiger partial charge in [-0.05, 0) is 24.8 Å². The Kier molecular flexibility index (Phi) is 2.68. The number of nitrogens with one attached hydrogen (secondary N) is 2. The number of halogens is 3. The number of aromatic nitrogens is 2. The van der Waals surface area contributed by atoms with Crippen molar-refractivity contribution in [3.63, 3.8) is 0 Å². The number of rotatable bonds is 3. The molecule has 0 atom stereocenters. The lowest BCUT2D eigenvalue weighted by Gasteiger charge is -2.07. The first-order valence-electron chi connectivity index (χ1n) is 4.89. The molecule has 0 aromatic carbocycles. The van der Waals surface area contributed by atoms with Crippen LogP contribution >= 0.6 is 0 Å². The average molecular weight is 219 g/mol. The third-order valence-electron chi connectivity index (χ3n) is 2.51. The minimum atomic E-state index is -4.15. The summed E-state index contributed by atoms with van der Waals surface area (Å²) < 4.78 is 35.6. The van der Waals surface area contributed by atoms with Gasteiger partial charge in [-0.3, -0.25) is 5.10 Å². The van der Waals surface area contributed by atoms with Crippen LogP contribution in [0.2, 0.25) is 0 Å². The monoisotopic (exact) mass is 219 g/mol. The number of hydrogen-bond donors (Lipinski definition) is 2. The van der Waals surface area contributed by atoms with Gasteiger partial charge in [-0.15, -0.1) is 0 Å². The zero-order valence-electron chi connectivity index (χ0n) is 8.12. The van der Waals surface area contributed by atoms with Crippen LogP contribution in [0.3, 0.4) is 0 Å². The Hall–Kier alpha value is -1.04. The molecule has 0 amide bonds.